The number of hydrogen-bond acceptors (Lipinski definition) is 3. The minimum absolute atomic E-state index is 0.658. The van der Waals surface area contributed by atoms with Crippen molar-refractivity contribution in [1.82, 2.24) is 14.5 Å². The van der Waals surface area contributed by atoms with Crippen molar-refractivity contribution in [3.05, 3.63) is 35.9 Å². The van der Waals surface area contributed by atoms with Crippen molar-refractivity contribution in [3.63, 3.8) is 0 Å². The summed E-state index contributed by atoms with van der Waals surface area (Å²) in [7, 11) is 2.02. The van der Waals surface area contributed by atoms with E-state index < -0.39 is 0 Å². The third-order valence-corrected chi connectivity index (χ3v) is 2.61. The van der Waals surface area contributed by atoms with Gasteiger partial charge in [0.1, 0.15) is 6.33 Å². The van der Waals surface area contributed by atoms with Crippen molar-refractivity contribution >= 4 is 6.21 Å². The zero-order chi connectivity index (χ0) is 10.3. The summed E-state index contributed by atoms with van der Waals surface area (Å²) in [5.41, 5.74) is 4.31. The Balaban J connectivity index is 2.36. The van der Waals surface area contributed by atoms with Gasteiger partial charge in [-0.3, -0.25) is 4.99 Å². The topological polar surface area (TPSA) is 43.1 Å². The molecule has 2 aromatic heterocycles. The third-order valence-electron chi connectivity index (χ3n) is 2.61. The highest BCUT2D eigenvalue weighted by atomic mass is 15.0. The van der Waals surface area contributed by atoms with E-state index in [1.165, 1.54) is 0 Å². The van der Waals surface area contributed by atoms with Gasteiger partial charge < -0.3 is 4.57 Å². The maximum Gasteiger partial charge on any atom is 0.116 e. The van der Waals surface area contributed by atoms with Gasteiger partial charge in [-0.15, -0.1) is 0 Å². The Morgan fingerprint density at radius 3 is 3.27 bits per heavy atom. The Morgan fingerprint density at radius 2 is 2.33 bits per heavy atom. The van der Waals surface area contributed by atoms with E-state index >= 15 is 0 Å². The monoisotopic (exact) mass is 198 g/mol. The van der Waals surface area contributed by atoms with Crippen LogP contribution in [0.2, 0.25) is 0 Å². The smallest absolute Gasteiger partial charge is 0.116 e. The average molecular weight is 198 g/mol. The minimum Gasteiger partial charge on any atom is -0.349 e. The zero-order valence-electron chi connectivity index (χ0n) is 8.38. The van der Waals surface area contributed by atoms with E-state index in [2.05, 4.69) is 25.6 Å². The molecule has 0 N–H and O–H groups in total. The normalized spacial score (nSPS) is 13.1. The van der Waals surface area contributed by atoms with Crippen LogP contribution in [0, 0.1) is 0 Å². The van der Waals surface area contributed by atoms with Gasteiger partial charge >= 0.3 is 0 Å². The summed E-state index contributed by atoms with van der Waals surface area (Å²) in [6.07, 6.45) is 7.34. The van der Waals surface area contributed by atoms with Gasteiger partial charge in [-0.2, -0.15) is 0 Å². The van der Waals surface area contributed by atoms with E-state index in [-0.39, 0.29) is 0 Å². The van der Waals surface area contributed by atoms with E-state index in [9.17, 15) is 0 Å². The molecule has 3 rings (SSSR count). The molecule has 4 nitrogen and oxygen atoms in total. The van der Waals surface area contributed by atoms with Crippen molar-refractivity contribution < 1.29 is 0 Å². The summed E-state index contributed by atoms with van der Waals surface area (Å²) >= 11 is 0. The quantitative estimate of drug-likeness (QED) is 0.642. The standard InChI is InChI=1S/C11H10N4/c1-15-3-2-8-4-12-5-9-6-13-7-14-10(9)11(8)15/h2-4,6-7H,5H2,1H3. The van der Waals surface area contributed by atoms with Gasteiger partial charge in [-0.05, 0) is 6.07 Å². The molecule has 0 aliphatic carbocycles. The molecule has 0 fully saturated rings. The molecule has 1 aliphatic rings. The molecule has 0 amide bonds. The van der Waals surface area contributed by atoms with Gasteiger partial charge in [0.2, 0.25) is 0 Å². The molecule has 0 atom stereocenters. The fraction of sp³-hybridized carbons (Fsp3) is 0.182. The summed E-state index contributed by atoms with van der Waals surface area (Å²) in [5, 5.41) is 0. The largest absolute Gasteiger partial charge is 0.349 e. The maximum atomic E-state index is 4.35. The summed E-state index contributed by atoms with van der Waals surface area (Å²) in [6, 6.07) is 2.05. The lowest BCUT2D eigenvalue weighted by Gasteiger charge is -2.06. The van der Waals surface area contributed by atoms with E-state index in [0.29, 0.717) is 6.54 Å². The molecule has 0 radical (unpaired) electrons. The van der Waals surface area contributed by atoms with Gasteiger partial charge in [-0.25, -0.2) is 9.97 Å². The summed E-state index contributed by atoms with van der Waals surface area (Å²) < 4.78 is 2.07. The minimum atomic E-state index is 0.658. The van der Waals surface area contributed by atoms with Gasteiger partial charge in [0, 0.05) is 36.8 Å². The van der Waals surface area contributed by atoms with Crippen LogP contribution in [0.5, 0.6) is 0 Å². The van der Waals surface area contributed by atoms with Crippen LogP contribution in [-0.2, 0) is 13.6 Å². The molecule has 74 valence electrons. The summed E-state index contributed by atoms with van der Waals surface area (Å²) in [4.78, 5) is 12.7. The lowest BCUT2D eigenvalue weighted by molar-refractivity contribution is 0.920. The van der Waals surface area contributed by atoms with Crippen LogP contribution in [-0.4, -0.2) is 20.7 Å². The molecular weight excluding hydrogens is 188 g/mol. The number of aryl methyl sites for hydroxylation is 1. The van der Waals surface area contributed by atoms with Crippen molar-refractivity contribution in [2.24, 2.45) is 12.0 Å². The highest BCUT2D eigenvalue weighted by Crippen LogP contribution is 2.26. The lowest BCUT2D eigenvalue weighted by atomic mass is 10.1. The predicted octanol–water partition coefficient (Wildman–Crippen LogP) is 1.41. The molecule has 3 heterocycles. The van der Waals surface area contributed by atoms with Crippen LogP contribution in [0.15, 0.2) is 29.8 Å². The van der Waals surface area contributed by atoms with Crippen molar-refractivity contribution in [2.45, 2.75) is 6.54 Å². The van der Waals surface area contributed by atoms with Gasteiger partial charge in [-0.1, -0.05) is 0 Å². The number of aromatic nitrogens is 3. The molecule has 0 saturated heterocycles. The second-order valence-corrected chi connectivity index (χ2v) is 3.60. The van der Waals surface area contributed by atoms with Crippen LogP contribution in [0.25, 0.3) is 11.4 Å². The number of fused-ring (bicyclic) bond motifs is 3. The second-order valence-electron chi connectivity index (χ2n) is 3.60. The Hall–Kier alpha value is -1.97. The number of rotatable bonds is 0. The first-order valence-electron chi connectivity index (χ1n) is 4.80. The highest BCUT2D eigenvalue weighted by molar-refractivity contribution is 5.90. The van der Waals surface area contributed by atoms with E-state index in [1.54, 1.807) is 6.33 Å². The fourth-order valence-corrected chi connectivity index (χ4v) is 1.89. The van der Waals surface area contributed by atoms with Crippen LogP contribution >= 0.6 is 0 Å². The summed E-state index contributed by atoms with van der Waals surface area (Å²) in [6.45, 7) is 0.658. The third kappa shape index (κ3) is 1.18. The number of aliphatic imine (C=N–C) groups is 1. The van der Waals surface area contributed by atoms with Crippen LogP contribution in [0.1, 0.15) is 11.1 Å². The molecule has 0 bridgehead atoms. The SMILES string of the molecule is Cn1ccc2c1-c1ncncc1CN=C2. The highest BCUT2D eigenvalue weighted by Gasteiger charge is 2.15. The van der Waals surface area contributed by atoms with Crippen LogP contribution in [0.4, 0.5) is 0 Å². The van der Waals surface area contributed by atoms with Crippen molar-refractivity contribution in [1.29, 1.82) is 0 Å². The van der Waals surface area contributed by atoms with Crippen LogP contribution in [0.3, 0.4) is 0 Å². The van der Waals surface area contributed by atoms with Crippen LogP contribution < -0.4 is 0 Å². The fourth-order valence-electron chi connectivity index (χ4n) is 1.89. The van der Waals surface area contributed by atoms with Crippen molar-refractivity contribution in [2.75, 3.05) is 0 Å². The Morgan fingerprint density at radius 1 is 1.40 bits per heavy atom. The second kappa shape index (κ2) is 3.02. The molecule has 4 heteroatoms. The number of nitrogens with zero attached hydrogens (tertiary/aromatic N) is 4. The van der Waals surface area contributed by atoms with E-state index in [0.717, 1.165) is 22.5 Å². The molecule has 15 heavy (non-hydrogen) atoms. The molecule has 0 spiro atoms. The van der Waals surface area contributed by atoms with Gasteiger partial charge in [0.15, 0.2) is 0 Å². The molecule has 2 aromatic rings. The predicted molar refractivity (Wildman–Crippen MR) is 57.7 cm³/mol. The van der Waals surface area contributed by atoms with Gasteiger partial charge in [0.25, 0.3) is 0 Å². The van der Waals surface area contributed by atoms with Crippen molar-refractivity contribution in [3.8, 4) is 11.4 Å². The molecule has 0 saturated carbocycles. The van der Waals surface area contributed by atoms with E-state index in [4.69, 9.17) is 0 Å². The Bertz CT molecular complexity index is 539. The average Bonchev–Trinajstić information content (AvgIpc) is 2.52. The summed E-state index contributed by atoms with van der Waals surface area (Å²) in [5.74, 6) is 0. The van der Waals surface area contributed by atoms with Gasteiger partial charge in [0.05, 0.1) is 17.9 Å². The maximum absolute atomic E-state index is 4.35. The molecule has 0 unspecified atom stereocenters. The van der Waals surface area contributed by atoms with E-state index in [1.807, 2.05) is 25.7 Å². The first kappa shape index (κ1) is 8.35. The molecule has 0 aromatic carbocycles. The first-order chi connectivity index (χ1) is 7.36. The number of hydrogen-bond donors (Lipinski definition) is 0. The lowest BCUT2D eigenvalue weighted by Crippen LogP contribution is -1.98. The zero-order valence-corrected chi connectivity index (χ0v) is 8.38. The molecule has 1 aliphatic heterocycles. The molecular formula is C11H10N4. The first-order valence-corrected chi connectivity index (χ1v) is 4.80. The Labute approximate surface area is 87.3 Å². The Kier molecular flexibility index (Phi) is 1.68.